The first-order valence-electron chi connectivity index (χ1n) is 5.90. The van der Waals surface area contributed by atoms with Crippen LogP contribution in [0.15, 0.2) is 0 Å². The summed E-state index contributed by atoms with van der Waals surface area (Å²) in [5.41, 5.74) is 5.49. The van der Waals surface area contributed by atoms with Gasteiger partial charge in [-0.2, -0.15) is 0 Å². The van der Waals surface area contributed by atoms with E-state index in [1.165, 1.54) is 0 Å². The molecule has 94 valence electrons. The lowest BCUT2D eigenvalue weighted by atomic mass is 10.0. The highest BCUT2D eigenvalue weighted by Crippen LogP contribution is 2.13. The third-order valence-corrected chi connectivity index (χ3v) is 3.03. The Bertz CT molecular complexity index is 215. The number of ether oxygens (including phenoxy) is 1. The molecule has 0 spiro atoms. The van der Waals surface area contributed by atoms with Crippen LogP contribution in [0.25, 0.3) is 0 Å². The monoisotopic (exact) mass is 229 g/mol. The molecule has 0 aliphatic carbocycles. The number of primary amides is 1. The van der Waals surface area contributed by atoms with Gasteiger partial charge >= 0.3 is 0 Å². The summed E-state index contributed by atoms with van der Waals surface area (Å²) < 4.78 is 5.11. The van der Waals surface area contributed by atoms with Crippen molar-refractivity contribution in [3.05, 3.63) is 0 Å². The lowest BCUT2D eigenvalue weighted by Crippen LogP contribution is -2.50. The van der Waals surface area contributed by atoms with E-state index in [9.17, 15) is 4.79 Å². The maximum absolute atomic E-state index is 11.5. The van der Waals surface area contributed by atoms with Gasteiger partial charge in [-0.3, -0.25) is 9.69 Å². The molecule has 1 fully saturated rings. The predicted octanol–water partition coefficient (Wildman–Crippen LogP) is -0.582. The van der Waals surface area contributed by atoms with E-state index in [0.29, 0.717) is 6.61 Å². The van der Waals surface area contributed by atoms with Crippen LogP contribution in [0.1, 0.15) is 13.3 Å². The molecule has 0 radical (unpaired) electrons. The van der Waals surface area contributed by atoms with Crippen molar-refractivity contribution in [3.8, 4) is 0 Å². The summed E-state index contributed by atoms with van der Waals surface area (Å²) in [5, 5.41) is 3.32. The van der Waals surface area contributed by atoms with E-state index in [1.54, 1.807) is 7.11 Å². The van der Waals surface area contributed by atoms with Crippen molar-refractivity contribution in [2.45, 2.75) is 19.4 Å². The van der Waals surface area contributed by atoms with E-state index >= 15 is 0 Å². The molecule has 0 aromatic rings. The molecule has 1 heterocycles. The second-order valence-electron chi connectivity index (χ2n) is 4.42. The molecule has 1 aliphatic rings. The Hall–Kier alpha value is -0.650. The van der Waals surface area contributed by atoms with E-state index < -0.39 is 0 Å². The number of nitrogens with two attached hydrogens (primary N) is 1. The number of amides is 1. The first-order valence-corrected chi connectivity index (χ1v) is 5.90. The highest BCUT2D eigenvalue weighted by Gasteiger charge is 2.29. The number of carbonyl (C=O) groups excluding carboxylic acids is 1. The van der Waals surface area contributed by atoms with Gasteiger partial charge in [-0.1, -0.05) is 6.92 Å². The smallest absolute Gasteiger partial charge is 0.235 e. The second kappa shape index (κ2) is 6.83. The summed E-state index contributed by atoms with van der Waals surface area (Å²) in [6.07, 6.45) is 1.06. The molecule has 0 aromatic carbocycles. The molecule has 5 nitrogen and oxygen atoms in total. The lowest BCUT2D eigenvalue weighted by Gasteiger charge is -2.32. The van der Waals surface area contributed by atoms with Gasteiger partial charge < -0.3 is 15.8 Å². The molecule has 1 saturated heterocycles. The molecule has 0 aromatic heterocycles. The molecule has 1 amide bonds. The minimum atomic E-state index is -0.244. The Balaban J connectivity index is 2.63. The predicted molar refractivity (Wildman–Crippen MR) is 63.1 cm³/mol. The molecular formula is C11H23N3O2. The number of nitrogens with one attached hydrogen (secondary N) is 1. The van der Waals surface area contributed by atoms with E-state index in [2.05, 4.69) is 10.2 Å². The third kappa shape index (κ3) is 3.73. The van der Waals surface area contributed by atoms with Crippen LogP contribution in [-0.2, 0) is 9.53 Å². The molecular weight excluding hydrogens is 206 g/mol. The van der Waals surface area contributed by atoms with Crippen molar-refractivity contribution in [2.75, 3.05) is 39.9 Å². The maximum atomic E-state index is 11.5. The van der Waals surface area contributed by atoms with E-state index in [0.717, 1.165) is 32.6 Å². The first kappa shape index (κ1) is 13.4. The molecule has 2 atom stereocenters. The van der Waals surface area contributed by atoms with Gasteiger partial charge in [-0.05, 0) is 13.0 Å². The highest BCUT2D eigenvalue weighted by atomic mass is 16.5. The molecule has 3 N–H and O–H groups in total. The fraction of sp³-hybridized carbons (Fsp3) is 0.909. The van der Waals surface area contributed by atoms with E-state index in [4.69, 9.17) is 10.5 Å². The van der Waals surface area contributed by atoms with Gasteiger partial charge in [0.25, 0.3) is 0 Å². The van der Waals surface area contributed by atoms with Gasteiger partial charge in [-0.15, -0.1) is 0 Å². The zero-order valence-corrected chi connectivity index (χ0v) is 10.2. The Morgan fingerprint density at radius 1 is 1.50 bits per heavy atom. The molecule has 5 heteroatoms. The largest absolute Gasteiger partial charge is 0.384 e. The minimum absolute atomic E-state index is 0.139. The normalized spacial score (nSPS) is 22.4. The molecule has 16 heavy (non-hydrogen) atoms. The number of hydrogen-bond donors (Lipinski definition) is 2. The lowest BCUT2D eigenvalue weighted by molar-refractivity contribution is -0.125. The van der Waals surface area contributed by atoms with Crippen LogP contribution < -0.4 is 11.1 Å². The molecule has 1 rings (SSSR count). The summed E-state index contributed by atoms with van der Waals surface area (Å²) >= 11 is 0. The van der Waals surface area contributed by atoms with Gasteiger partial charge in [0.1, 0.15) is 0 Å². The summed E-state index contributed by atoms with van der Waals surface area (Å²) in [4.78, 5) is 13.7. The molecule has 0 saturated carbocycles. The number of nitrogens with zero attached hydrogens (tertiary/aromatic N) is 1. The van der Waals surface area contributed by atoms with Crippen molar-refractivity contribution < 1.29 is 9.53 Å². The third-order valence-electron chi connectivity index (χ3n) is 3.03. The Kier molecular flexibility index (Phi) is 5.73. The van der Waals surface area contributed by atoms with Crippen LogP contribution in [0, 0.1) is 5.92 Å². The van der Waals surface area contributed by atoms with Crippen molar-refractivity contribution in [1.82, 2.24) is 10.2 Å². The standard InChI is InChI=1S/C11H23N3O2/c1-9(8-16-2)10(11(12)15)14-6-3-4-13-5-7-14/h9-10,13H,3-8H2,1-2H3,(H2,12,15). The van der Waals surface area contributed by atoms with Crippen molar-refractivity contribution in [3.63, 3.8) is 0 Å². The van der Waals surface area contributed by atoms with Crippen LogP contribution in [0.2, 0.25) is 0 Å². The van der Waals surface area contributed by atoms with Gasteiger partial charge in [0.2, 0.25) is 5.91 Å². The van der Waals surface area contributed by atoms with Crippen LogP contribution in [-0.4, -0.2) is 56.7 Å². The van der Waals surface area contributed by atoms with Crippen LogP contribution in [0.5, 0.6) is 0 Å². The highest BCUT2D eigenvalue weighted by molar-refractivity contribution is 5.80. The quantitative estimate of drug-likeness (QED) is 0.662. The van der Waals surface area contributed by atoms with Crippen LogP contribution in [0.3, 0.4) is 0 Å². The fourth-order valence-electron chi connectivity index (χ4n) is 2.32. The Morgan fingerprint density at radius 3 is 2.88 bits per heavy atom. The SMILES string of the molecule is COCC(C)C(C(N)=O)N1CCCNCC1. The zero-order chi connectivity index (χ0) is 12.0. The van der Waals surface area contributed by atoms with Crippen molar-refractivity contribution in [1.29, 1.82) is 0 Å². The number of carbonyl (C=O) groups is 1. The van der Waals surface area contributed by atoms with Gasteiger partial charge in [-0.25, -0.2) is 0 Å². The van der Waals surface area contributed by atoms with Crippen LogP contribution >= 0.6 is 0 Å². The topological polar surface area (TPSA) is 67.6 Å². The average Bonchev–Trinajstić information content (AvgIpc) is 2.46. The summed E-state index contributed by atoms with van der Waals surface area (Å²) in [6, 6.07) is -0.208. The molecule has 1 aliphatic heterocycles. The number of hydrogen-bond acceptors (Lipinski definition) is 4. The minimum Gasteiger partial charge on any atom is -0.384 e. The zero-order valence-electron chi connectivity index (χ0n) is 10.2. The van der Waals surface area contributed by atoms with E-state index in [-0.39, 0.29) is 17.9 Å². The average molecular weight is 229 g/mol. The van der Waals surface area contributed by atoms with Gasteiger partial charge in [0.05, 0.1) is 12.6 Å². The Morgan fingerprint density at radius 2 is 2.25 bits per heavy atom. The number of methoxy groups -OCH3 is 1. The summed E-state index contributed by atoms with van der Waals surface area (Å²) in [6.45, 7) is 6.31. The Labute approximate surface area is 97.3 Å². The van der Waals surface area contributed by atoms with Crippen LogP contribution in [0.4, 0.5) is 0 Å². The van der Waals surface area contributed by atoms with Crippen molar-refractivity contribution in [2.24, 2.45) is 11.7 Å². The maximum Gasteiger partial charge on any atom is 0.235 e. The summed E-state index contributed by atoms with van der Waals surface area (Å²) in [5.74, 6) is -0.105. The second-order valence-corrected chi connectivity index (χ2v) is 4.42. The molecule has 2 unspecified atom stereocenters. The molecule has 0 bridgehead atoms. The van der Waals surface area contributed by atoms with Gasteiger partial charge in [0, 0.05) is 32.7 Å². The van der Waals surface area contributed by atoms with Crippen molar-refractivity contribution >= 4 is 5.91 Å². The fourth-order valence-corrected chi connectivity index (χ4v) is 2.32. The van der Waals surface area contributed by atoms with Gasteiger partial charge in [0.15, 0.2) is 0 Å². The van der Waals surface area contributed by atoms with E-state index in [1.807, 2.05) is 6.92 Å². The first-order chi connectivity index (χ1) is 7.66. The number of rotatable bonds is 5. The summed E-state index contributed by atoms with van der Waals surface area (Å²) in [7, 11) is 1.65.